The summed E-state index contributed by atoms with van der Waals surface area (Å²) in [6, 6.07) is 0. The van der Waals surface area contributed by atoms with E-state index in [1.807, 2.05) is 0 Å². The molecular weight excluding hydrogens is 247 g/mol. The van der Waals surface area contributed by atoms with Gasteiger partial charge in [0, 0.05) is 12.2 Å². The van der Waals surface area contributed by atoms with E-state index in [4.69, 9.17) is 0 Å². The van der Waals surface area contributed by atoms with E-state index >= 15 is 0 Å². The highest BCUT2D eigenvalue weighted by Gasteiger charge is 2.18. The minimum absolute atomic E-state index is 0.379. The number of carbonyl (C=O) groups is 2. The van der Waals surface area contributed by atoms with Gasteiger partial charge in [0.1, 0.15) is 0 Å². The van der Waals surface area contributed by atoms with Crippen molar-refractivity contribution >= 4 is 11.9 Å². The highest BCUT2D eigenvalue weighted by atomic mass is 35.6. The molecule has 0 saturated carbocycles. The molecule has 0 fully saturated rings. The van der Waals surface area contributed by atoms with Gasteiger partial charge < -0.3 is 18.6 Å². The fourth-order valence-corrected chi connectivity index (χ4v) is 0.663. The minimum Gasteiger partial charge on any atom is -0.307 e. The number of halogens is 2. The van der Waals surface area contributed by atoms with Crippen molar-refractivity contribution in [1.82, 2.24) is 0 Å². The number of hydrogen-bond donors (Lipinski definition) is 0. The van der Waals surface area contributed by atoms with Gasteiger partial charge in [0.25, 0.3) is 0 Å². The first-order valence-corrected chi connectivity index (χ1v) is 4.50. The maximum Gasteiger partial charge on any atom is 0.445 e. The third-order valence-electron chi connectivity index (χ3n) is 0.634. The molecule has 0 heterocycles. The quantitative estimate of drug-likeness (QED) is 0.449. The van der Waals surface area contributed by atoms with E-state index in [9.17, 15) is 28.2 Å². The van der Waals surface area contributed by atoms with Crippen molar-refractivity contribution < 1.29 is 58.4 Å². The summed E-state index contributed by atoms with van der Waals surface area (Å²) in [5.41, 5.74) is 0. The van der Waals surface area contributed by atoms with Crippen LogP contribution in [0.4, 0.5) is 0 Å². The Morgan fingerprint density at radius 1 is 0.857 bits per heavy atom. The van der Waals surface area contributed by atoms with Gasteiger partial charge in [-0.25, -0.2) is 9.59 Å². The Morgan fingerprint density at radius 3 is 1.36 bits per heavy atom. The van der Waals surface area contributed by atoms with E-state index in [0.717, 1.165) is 0 Å². The Hall–Kier alpha value is -0.900. The van der Waals surface area contributed by atoms with E-state index in [1.54, 1.807) is 0 Å². The predicted octanol–water partition coefficient (Wildman–Crippen LogP) is -5.20. The lowest BCUT2D eigenvalue weighted by molar-refractivity contribution is -1.62. The van der Waals surface area contributed by atoms with Crippen LogP contribution in [-0.4, -0.2) is 11.9 Å². The van der Waals surface area contributed by atoms with Crippen molar-refractivity contribution in [3.8, 4) is 0 Å². The lowest BCUT2D eigenvalue weighted by Gasteiger charge is -1.89. The topological polar surface area (TPSA) is 145 Å². The fraction of sp³-hybridized carbons (Fsp3) is 0. The zero-order valence-corrected chi connectivity index (χ0v) is 7.69. The second kappa shape index (κ2) is 6.54. The summed E-state index contributed by atoms with van der Waals surface area (Å²) in [7, 11) is -5.46. The molecular formula is C4H2Cl2O8. The van der Waals surface area contributed by atoms with Crippen molar-refractivity contribution in [2.75, 3.05) is 0 Å². The molecule has 0 aliphatic heterocycles. The van der Waals surface area contributed by atoms with Crippen molar-refractivity contribution in [3.05, 3.63) is 12.2 Å². The van der Waals surface area contributed by atoms with Gasteiger partial charge in [-0.2, -0.15) is 0 Å². The zero-order valence-electron chi connectivity index (χ0n) is 6.18. The summed E-state index contributed by atoms with van der Waals surface area (Å²) in [4.78, 5) is 20.7. The smallest absolute Gasteiger partial charge is 0.307 e. The van der Waals surface area contributed by atoms with Crippen molar-refractivity contribution in [2.24, 2.45) is 0 Å². The molecule has 0 rings (SSSR count). The van der Waals surface area contributed by atoms with Gasteiger partial charge in [0.15, 0.2) is 0 Å². The molecule has 0 aromatic carbocycles. The highest BCUT2D eigenvalue weighted by molar-refractivity contribution is 5.90. The van der Waals surface area contributed by atoms with Gasteiger partial charge in [-0.05, 0) is 0 Å². The van der Waals surface area contributed by atoms with Crippen LogP contribution in [0.5, 0.6) is 0 Å². The van der Waals surface area contributed by atoms with Crippen LogP contribution in [0, 0.1) is 21.6 Å². The maximum absolute atomic E-state index is 10.4. The molecule has 8 nitrogen and oxygen atoms in total. The SMILES string of the molecule is O=C(/C=C\C(=O)O[Cl+2]([O-])[O-])O[Cl+2]([O-])[O-]. The Balaban J connectivity index is 3.92. The molecule has 0 unspecified atom stereocenters. The molecule has 0 amide bonds. The van der Waals surface area contributed by atoms with Crippen LogP contribution in [0.25, 0.3) is 0 Å². The number of hydrogen-bond acceptors (Lipinski definition) is 8. The molecule has 0 aliphatic carbocycles. The third kappa shape index (κ3) is 7.73. The summed E-state index contributed by atoms with van der Waals surface area (Å²) in [6.45, 7) is 0. The first-order chi connectivity index (χ1) is 6.41. The normalized spacial score (nSPS) is 11.0. The second-order valence-electron chi connectivity index (χ2n) is 1.50. The summed E-state index contributed by atoms with van der Waals surface area (Å²) >= 11 is 0. The van der Waals surface area contributed by atoms with Crippen molar-refractivity contribution in [3.63, 3.8) is 0 Å². The molecule has 0 aromatic heterocycles. The van der Waals surface area contributed by atoms with E-state index in [2.05, 4.69) is 8.58 Å². The van der Waals surface area contributed by atoms with Gasteiger partial charge in [-0.15, -0.1) is 0 Å². The van der Waals surface area contributed by atoms with Crippen LogP contribution in [0.2, 0.25) is 0 Å². The van der Waals surface area contributed by atoms with Crippen LogP contribution in [0.1, 0.15) is 0 Å². The fourth-order valence-electron chi connectivity index (χ4n) is 0.312. The van der Waals surface area contributed by atoms with Crippen LogP contribution < -0.4 is 18.6 Å². The second-order valence-corrected chi connectivity index (χ2v) is 2.57. The van der Waals surface area contributed by atoms with Crippen LogP contribution in [0.3, 0.4) is 0 Å². The Kier molecular flexibility index (Phi) is 6.12. The Bertz CT molecular complexity index is 211. The summed E-state index contributed by atoms with van der Waals surface area (Å²) in [5.74, 6) is -2.75. The first kappa shape index (κ1) is 13.1. The average molecular weight is 249 g/mol. The minimum atomic E-state index is -2.73. The summed E-state index contributed by atoms with van der Waals surface area (Å²) in [5, 5.41) is 0. The van der Waals surface area contributed by atoms with Gasteiger partial charge in [-0.1, -0.05) is 8.58 Å². The summed E-state index contributed by atoms with van der Waals surface area (Å²) < 4.78 is 45.8. The highest BCUT2D eigenvalue weighted by Crippen LogP contribution is 1.87. The van der Waals surface area contributed by atoms with Crippen LogP contribution >= 0.6 is 0 Å². The molecule has 0 saturated heterocycles. The molecule has 0 aliphatic rings. The zero-order chi connectivity index (χ0) is 11.1. The van der Waals surface area contributed by atoms with Gasteiger partial charge in [-0.3, -0.25) is 0 Å². The number of rotatable bonds is 4. The Labute approximate surface area is 83.1 Å². The standard InChI is InChI=1S/C4H2Cl2O8/c7-3(13-5(9)10)1-2-4(8)14-6(11)12/h1-2H/b2-1-. The van der Waals surface area contributed by atoms with E-state index in [0.29, 0.717) is 12.2 Å². The molecule has 0 atom stereocenters. The van der Waals surface area contributed by atoms with Gasteiger partial charge in [0.2, 0.25) is 0 Å². The molecule has 80 valence electrons. The average Bonchev–Trinajstić information content (AvgIpc) is 1.98. The molecule has 0 aromatic rings. The Morgan fingerprint density at radius 2 is 1.14 bits per heavy atom. The maximum atomic E-state index is 10.4. The molecule has 0 radical (unpaired) electrons. The molecule has 0 bridgehead atoms. The van der Waals surface area contributed by atoms with Crippen molar-refractivity contribution in [1.29, 1.82) is 0 Å². The van der Waals surface area contributed by atoms with Crippen molar-refractivity contribution in [2.45, 2.75) is 0 Å². The van der Waals surface area contributed by atoms with Gasteiger partial charge >= 0.3 is 33.5 Å². The largest absolute Gasteiger partial charge is 0.445 e. The number of carbonyl (C=O) groups excluding carboxylic acids is 2. The molecule has 14 heavy (non-hydrogen) atoms. The van der Waals surface area contributed by atoms with E-state index in [-0.39, 0.29) is 0 Å². The monoisotopic (exact) mass is 248 g/mol. The third-order valence-corrected chi connectivity index (χ3v) is 1.19. The molecule has 10 heteroatoms. The van der Waals surface area contributed by atoms with E-state index in [1.165, 1.54) is 0 Å². The van der Waals surface area contributed by atoms with E-state index < -0.39 is 33.5 Å². The molecule has 0 N–H and O–H groups in total. The summed E-state index contributed by atoms with van der Waals surface area (Å²) in [6.07, 6.45) is 0.757. The lowest BCUT2D eigenvalue weighted by atomic mass is 10.5. The lowest BCUT2D eigenvalue weighted by Crippen LogP contribution is -2.36. The van der Waals surface area contributed by atoms with Crippen LogP contribution in [-0.2, 0) is 18.2 Å². The first-order valence-electron chi connectivity index (χ1n) is 2.65. The molecule has 0 spiro atoms. The predicted molar refractivity (Wildman–Crippen MR) is 21.3 cm³/mol. The van der Waals surface area contributed by atoms with Crippen LogP contribution in [0.15, 0.2) is 12.2 Å². The van der Waals surface area contributed by atoms with Gasteiger partial charge in [0.05, 0.1) is 0 Å².